The van der Waals surface area contributed by atoms with Crippen molar-refractivity contribution in [3.05, 3.63) is 29.3 Å². The number of amides is 2. The van der Waals surface area contributed by atoms with E-state index in [-0.39, 0.29) is 29.9 Å². The Morgan fingerprint density at radius 2 is 1.96 bits per heavy atom. The second-order valence-electron chi connectivity index (χ2n) is 6.29. The van der Waals surface area contributed by atoms with Gasteiger partial charge in [0.25, 0.3) is 0 Å². The van der Waals surface area contributed by atoms with Crippen LogP contribution in [0.25, 0.3) is 0 Å². The van der Waals surface area contributed by atoms with Gasteiger partial charge in [0, 0.05) is 23.0 Å². The van der Waals surface area contributed by atoms with Gasteiger partial charge in [0.15, 0.2) is 0 Å². The molecule has 1 atom stereocenters. The number of hydrogen-bond acceptors (Lipinski definition) is 5. The van der Waals surface area contributed by atoms with Gasteiger partial charge < -0.3 is 0 Å². The van der Waals surface area contributed by atoms with Crippen LogP contribution in [0.15, 0.2) is 29.2 Å². The van der Waals surface area contributed by atoms with E-state index in [0.717, 1.165) is 4.90 Å². The summed E-state index contributed by atoms with van der Waals surface area (Å²) in [5.41, 5.74) is 4.79. The molecule has 0 saturated carbocycles. The highest BCUT2D eigenvalue weighted by atomic mass is 35.5. The third kappa shape index (κ3) is 6.99. The fraction of sp³-hybridized carbons (Fsp3) is 0.529. The number of nitrogens with zero attached hydrogens (tertiary/aromatic N) is 1. The van der Waals surface area contributed by atoms with Gasteiger partial charge in [-0.1, -0.05) is 18.5 Å². The third-order valence-electron chi connectivity index (χ3n) is 4.12. The molecule has 2 rings (SSSR count). The zero-order valence-corrected chi connectivity index (χ0v) is 17.5. The van der Waals surface area contributed by atoms with E-state index < -0.39 is 15.9 Å². The van der Waals surface area contributed by atoms with Crippen molar-refractivity contribution in [2.75, 3.05) is 24.6 Å². The number of thioether (sulfide) groups is 1. The van der Waals surface area contributed by atoms with Gasteiger partial charge in [-0.2, -0.15) is 0 Å². The van der Waals surface area contributed by atoms with Crippen LogP contribution in [0.4, 0.5) is 0 Å². The Bertz CT molecular complexity index is 756. The first-order chi connectivity index (χ1) is 12.8. The summed E-state index contributed by atoms with van der Waals surface area (Å²) in [6.45, 7) is 2.41. The number of hydrazine groups is 1. The summed E-state index contributed by atoms with van der Waals surface area (Å²) in [6, 6.07) is 7.11. The van der Waals surface area contributed by atoms with Gasteiger partial charge in [0.05, 0.1) is 17.4 Å². The molecule has 150 valence electrons. The molecule has 1 aliphatic rings. The number of benzene rings is 1. The zero-order valence-electron chi connectivity index (χ0n) is 15.1. The average Bonchev–Trinajstić information content (AvgIpc) is 2.65. The van der Waals surface area contributed by atoms with Crippen LogP contribution >= 0.6 is 23.4 Å². The lowest BCUT2D eigenvalue weighted by Gasteiger charge is -2.31. The maximum absolute atomic E-state index is 12.3. The van der Waals surface area contributed by atoms with Crippen molar-refractivity contribution >= 4 is 45.2 Å². The topological polar surface area (TPSA) is 95.6 Å². The van der Waals surface area contributed by atoms with Gasteiger partial charge in [-0.3, -0.25) is 20.4 Å². The minimum absolute atomic E-state index is 0.0833. The lowest BCUT2D eigenvalue weighted by molar-refractivity contribution is -0.131. The number of sulfonamides is 1. The second-order valence-corrected chi connectivity index (χ2v) is 9.87. The van der Waals surface area contributed by atoms with Crippen molar-refractivity contribution in [3.8, 4) is 0 Å². The zero-order chi connectivity index (χ0) is 19.9. The summed E-state index contributed by atoms with van der Waals surface area (Å²) in [5, 5.41) is 0.624. The summed E-state index contributed by atoms with van der Waals surface area (Å²) < 4.78 is 25.7. The van der Waals surface area contributed by atoms with E-state index in [2.05, 4.69) is 10.9 Å². The molecule has 27 heavy (non-hydrogen) atoms. The number of nitrogens with one attached hydrogen (secondary N) is 2. The molecule has 2 N–H and O–H groups in total. The van der Waals surface area contributed by atoms with Gasteiger partial charge in [-0.25, -0.2) is 12.7 Å². The van der Waals surface area contributed by atoms with Gasteiger partial charge in [0.2, 0.25) is 21.8 Å². The quantitative estimate of drug-likeness (QED) is 0.506. The lowest BCUT2D eigenvalue weighted by Crippen LogP contribution is -2.50. The van der Waals surface area contributed by atoms with E-state index in [0.29, 0.717) is 30.8 Å². The number of carbonyl (C=O) groups is 2. The maximum atomic E-state index is 12.3. The highest BCUT2D eigenvalue weighted by Gasteiger charge is 2.31. The molecule has 1 saturated heterocycles. The Morgan fingerprint density at radius 1 is 1.26 bits per heavy atom. The van der Waals surface area contributed by atoms with Crippen molar-refractivity contribution in [2.24, 2.45) is 5.92 Å². The molecule has 0 aliphatic carbocycles. The van der Waals surface area contributed by atoms with Crippen LogP contribution in [0.5, 0.6) is 0 Å². The van der Waals surface area contributed by atoms with E-state index in [1.54, 1.807) is 12.1 Å². The number of carbonyl (C=O) groups excluding carboxylic acids is 2. The predicted octanol–water partition coefficient (Wildman–Crippen LogP) is 2.03. The summed E-state index contributed by atoms with van der Waals surface area (Å²) >= 11 is 7.14. The SMILES string of the molecule is CCCS(=O)(=O)N1CCCC(C(=O)NNC(=O)CSc2ccc(Cl)cc2)C1. The molecule has 7 nitrogen and oxygen atoms in total. The van der Waals surface area contributed by atoms with Gasteiger partial charge in [-0.05, 0) is 43.5 Å². The Balaban J connectivity index is 1.77. The minimum Gasteiger partial charge on any atom is -0.273 e. The van der Waals surface area contributed by atoms with Gasteiger partial charge >= 0.3 is 0 Å². The van der Waals surface area contributed by atoms with Crippen LogP contribution in [0.1, 0.15) is 26.2 Å². The summed E-state index contributed by atoms with van der Waals surface area (Å²) in [4.78, 5) is 25.1. The van der Waals surface area contributed by atoms with E-state index in [1.807, 2.05) is 19.1 Å². The van der Waals surface area contributed by atoms with Crippen molar-refractivity contribution in [1.82, 2.24) is 15.2 Å². The number of halogens is 1. The van der Waals surface area contributed by atoms with E-state index in [9.17, 15) is 18.0 Å². The smallest absolute Gasteiger partial charge is 0.248 e. The molecule has 0 radical (unpaired) electrons. The van der Waals surface area contributed by atoms with E-state index in [4.69, 9.17) is 11.6 Å². The molecule has 1 unspecified atom stereocenters. The van der Waals surface area contributed by atoms with Crippen LogP contribution in [0.2, 0.25) is 5.02 Å². The maximum Gasteiger partial charge on any atom is 0.248 e. The molecule has 1 heterocycles. The number of hydrogen-bond donors (Lipinski definition) is 2. The Kier molecular flexibility index (Phi) is 8.40. The van der Waals surface area contributed by atoms with Crippen molar-refractivity contribution in [1.29, 1.82) is 0 Å². The predicted molar refractivity (Wildman–Crippen MR) is 107 cm³/mol. The first-order valence-corrected chi connectivity index (χ1v) is 11.7. The summed E-state index contributed by atoms with van der Waals surface area (Å²) in [6.07, 6.45) is 1.76. The highest BCUT2D eigenvalue weighted by molar-refractivity contribution is 8.00. The molecule has 0 spiro atoms. The van der Waals surface area contributed by atoms with Crippen LogP contribution < -0.4 is 10.9 Å². The molecule has 1 aromatic carbocycles. The molecule has 1 fully saturated rings. The molecule has 1 aliphatic heterocycles. The number of rotatable bonds is 7. The van der Waals surface area contributed by atoms with E-state index >= 15 is 0 Å². The van der Waals surface area contributed by atoms with Crippen LogP contribution in [0.3, 0.4) is 0 Å². The third-order valence-corrected chi connectivity index (χ3v) is 7.43. The minimum atomic E-state index is -3.32. The van der Waals surface area contributed by atoms with Crippen molar-refractivity contribution in [2.45, 2.75) is 31.1 Å². The molecule has 0 bridgehead atoms. The highest BCUT2D eigenvalue weighted by Crippen LogP contribution is 2.21. The van der Waals surface area contributed by atoms with Gasteiger partial charge in [0.1, 0.15) is 0 Å². The van der Waals surface area contributed by atoms with Crippen molar-refractivity contribution < 1.29 is 18.0 Å². The number of piperidine rings is 1. The Morgan fingerprint density at radius 3 is 2.63 bits per heavy atom. The summed E-state index contributed by atoms with van der Waals surface area (Å²) in [7, 11) is -3.32. The van der Waals surface area contributed by atoms with Gasteiger partial charge in [-0.15, -0.1) is 11.8 Å². The molecule has 10 heteroatoms. The van der Waals surface area contributed by atoms with Crippen molar-refractivity contribution in [3.63, 3.8) is 0 Å². The first-order valence-electron chi connectivity index (χ1n) is 8.76. The normalized spacial score (nSPS) is 18.1. The molecular weight excluding hydrogens is 410 g/mol. The standard InChI is InChI=1S/C17H24ClN3O4S2/c1-2-10-27(24,25)21-9-3-4-13(11-21)17(23)20-19-16(22)12-26-15-7-5-14(18)6-8-15/h5-8,13H,2-4,9-12H2,1H3,(H,19,22)(H,20,23). The average molecular weight is 434 g/mol. The van der Waals surface area contributed by atoms with Crippen LogP contribution in [-0.4, -0.2) is 49.1 Å². The Hall–Kier alpha value is -1.29. The van der Waals surface area contributed by atoms with Crippen LogP contribution in [0, 0.1) is 5.92 Å². The molecule has 2 amide bonds. The molecular formula is C17H24ClN3O4S2. The Labute approximate surface area is 169 Å². The fourth-order valence-corrected chi connectivity index (χ4v) is 5.16. The molecule has 0 aromatic heterocycles. The van der Waals surface area contributed by atoms with E-state index in [1.165, 1.54) is 16.1 Å². The molecule has 1 aromatic rings. The fourth-order valence-electron chi connectivity index (χ4n) is 2.75. The monoisotopic (exact) mass is 433 g/mol. The largest absolute Gasteiger partial charge is 0.273 e. The van der Waals surface area contributed by atoms with Crippen LogP contribution in [-0.2, 0) is 19.6 Å². The second kappa shape index (κ2) is 10.3. The first kappa shape index (κ1) is 22.0. The summed E-state index contributed by atoms with van der Waals surface area (Å²) in [5.74, 6) is -0.941. The lowest BCUT2D eigenvalue weighted by atomic mass is 9.99.